The lowest BCUT2D eigenvalue weighted by Gasteiger charge is -2.41. The quantitative estimate of drug-likeness (QED) is 0.826. The van der Waals surface area contributed by atoms with E-state index in [2.05, 4.69) is 41.0 Å². The molecule has 5 nitrogen and oxygen atoms in total. The van der Waals surface area contributed by atoms with E-state index in [0.717, 1.165) is 31.1 Å². The monoisotopic (exact) mass is 411 g/mol. The summed E-state index contributed by atoms with van der Waals surface area (Å²) < 4.78 is 12.0. The lowest BCUT2D eigenvalue weighted by molar-refractivity contribution is 0.0462. The number of fused-ring (bicyclic) bond motifs is 2. The number of ether oxygens (including phenoxy) is 2. The minimum Gasteiger partial charge on any atom is -0.486 e. The fraction of sp³-hybridized carbons (Fsp3) is 0.478. The second-order valence-electron chi connectivity index (χ2n) is 8.26. The van der Waals surface area contributed by atoms with Crippen molar-refractivity contribution >= 4 is 17.4 Å². The van der Waals surface area contributed by atoms with Crippen LogP contribution in [0.3, 0.4) is 0 Å². The second kappa shape index (κ2) is 8.09. The Bertz CT molecular complexity index is 856. The number of thioether (sulfide) groups is 1. The molecule has 5 rings (SSSR count). The lowest BCUT2D eigenvalue weighted by Crippen LogP contribution is -2.50. The number of hydrogen-bond acceptors (Lipinski definition) is 6. The normalized spacial score (nSPS) is 25.7. The van der Waals surface area contributed by atoms with Crippen LogP contribution in [-0.2, 0) is 0 Å². The van der Waals surface area contributed by atoms with Crippen LogP contribution >= 0.6 is 11.8 Å². The van der Waals surface area contributed by atoms with Crippen LogP contribution in [0.25, 0.3) is 0 Å². The Labute approximate surface area is 177 Å². The van der Waals surface area contributed by atoms with Crippen LogP contribution in [-0.4, -0.2) is 48.8 Å². The number of benzene rings is 2. The summed E-state index contributed by atoms with van der Waals surface area (Å²) in [5.41, 5.74) is 7.79. The molecule has 0 spiro atoms. The molecule has 6 heteroatoms. The molecule has 2 N–H and O–H groups in total. The van der Waals surface area contributed by atoms with Crippen molar-refractivity contribution in [2.24, 2.45) is 11.7 Å². The Hall–Kier alpha value is -1.89. The fourth-order valence-corrected chi connectivity index (χ4v) is 5.96. The van der Waals surface area contributed by atoms with Crippen LogP contribution in [0.5, 0.6) is 11.5 Å². The zero-order valence-corrected chi connectivity index (χ0v) is 17.7. The molecule has 0 aromatic heterocycles. The van der Waals surface area contributed by atoms with E-state index < -0.39 is 0 Å². The Morgan fingerprint density at radius 3 is 2.62 bits per heavy atom. The first-order valence-corrected chi connectivity index (χ1v) is 11.5. The van der Waals surface area contributed by atoms with Crippen molar-refractivity contribution < 1.29 is 9.47 Å². The molecule has 0 aliphatic carbocycles. The molecule has 3 aliphatic heterocycles. The maximum Gasteiger partial charge on any atom is 0.161 e. The van der Waals surface area contributed by atoms with Crippen LogP contribution in [0.4, 0.5) is 5.69 Å². The third kappa shape index (κ3) is 3.81. The van der Waals surface area contributed by atoms with E-state index in [1.54, 1.807) is 11.8 Å². The first-order chi connectivity index (χ1) is 14.2. The van der Waals surface area contributed by atoms with Gasteiger partial charge in [0, 0.05) is 17.5 Å². The van der Waals surface area contributed by atoms with Gasteiger partial charge in [0.25, 0.3) is 0 Å². The predicted molar refractivity (Wildman–Crippen MR) is 118 cm³/mol. The molecular formula is C23H29N3O2S. The van der Waals surface area contributed by atoms with Gasteiger partial charge in [0.15, 0.2) is 11.5 Å². The van der Waals surface area contributed by atoms with Gasteiger partial charge in [0.1, 0.15) is 18.2 Å². The summed E-state index contributed by atoms with van der Waals surface area (Å²) >= 11 is 1.77. The Morgan fingerprint density at radius 2 is 1.79 bits per heavy atom. The average Bonchev–Trinajstić information content (AvgIpc) is 3.09. The third-order valence-corrected chi connectivity index (χ3v) is 7.52. The number of para-hydroxylation sites is 3. The molecule has 1 saturated heterocycles. The number of rotatable bonds is 4. The molecule has 3 unspecified atom stereocenters. The molecule has 0 bridgehead atoms. The van der Waals surface area contributed by atoms with Gasteiger partial charge in [-0.1, -0.05) is 36.0 Å². The van der Waals surface area contributed by atoms with Crippen molar-refractivity contribution in [2.75, 3.05) is 31.1 Å². The molecule has 0 radical (unpaired) electrons. The zero-order chi connectivity index (χ0) is 19.8. The maximum absolute atomic E-state index is 6.47. The largest absolute Gasteiger partial charge is 0.486 e. The molecule has 29 heavy (non-hydrogen) atoms. The van der Waals surface area contributed by atoms with Gasteiger partial charge in [-0.05, 0) is 63.0 Å². The van der Waals surface area contributed by atoms with E-state index in [-0.39, 0.29) is 11.6 Å². The number of nitrogens with two attached hydrogens (primary N) is 1. The second-order valence-corrected chi connectivity index (χ2v) is 9.42. The van der Waals surface area contributed by atoms with Crippen molar-refractivity contribution in [1.29, 1.82) is 0 Å². The number of hydrogen-bond donors (Lipinski definition) is 1. The van der Waals surface area contributed by atoms with Crippen LogP contribution in [0.1, 0.15) is 19.8 Å². The smallest absolute Gasteiger partial charge is 0.161 e. The van der Waals surface area contributed by atoms with Crippen LogP contribution in [0.2, 0.25) is 0 Å². The molecule has 2 aromatic carbocycles. The summed E-state index contributed by atoms with van der Waals surface area (Å²) in [6, 6.07) is 17.0. The van der Waals surface area contributed by atoms with Gasteiger partial charge >= 0.3 is 0 Å². The van der Waals surface area contributed by atoms with E-state index >= 15 is 0 Å². The molecule has 2 aromatic rings. The molecule has 1 fully saturated rings. The predicted octanol–water partition coefficient (Wildman–Crippen LogP) is 3.78. The fourth-order valence-electron chi connectivity index (χ4n) is 4.83. The van der Waals surface area contributed by atoms with Gasteiger partial charge < -0.3 is 20.1 Å². The topological polar surface area (TPSA) is 51.0 Å². The summed E-state index contributed by atoms with van der Waals surface area (Å²) in [5.74, 6) is 2.39. The van der Waals surface area contributed by atoms with E-state index in [1.165, 1.54) is 23.4 Å². The molecule has 0 amide bonds. The minimum absolute atomic E-state index is 0.0216. The lowest BCUT2D eigenvalue weighted by atomic mass is 9.89. The summed E-state index contributed by atoms with van der Waals surface area (Å²) in [5, 5.41) is 0. The van der Waals surface area contributed by atoms with Gasteiger partial charge in [0.05, 0.1) is 5.69 Å². The number of likely N-dealkylation sites (tertiary alicyclic amines) is 1. The molecular weight excluding hydrogens is 382 g/mol. The molecule has 0 saturated carbocycles. The van der Waals surface area contributed by atoms with Crippen molar-refractivity contribution in [3.05, 3.63) is 48.5 Å². The summed E-state index contributed by atoms with van der Waals surface area (Å²) in [6.07, 6.45) is 2.50. The number of piperidine rings is 1. The highest BCUT2D eigenvalue weighted by Gasteiger charge is 2.36. The summed E-state index contributed by atoms with van der Waals surface area (Å²) in [4.78, 5) is 6.26. The molecule has 154 valence electrons. The number of nitrogens with zero attached hydrogens (tertiary/aromatic N) is 2. The van der Waals surface area contributed by atoms with Crippen molar-refractivity contribution in [3.8, 4) is 11.5 Å². The Kier molecular flexibility index (Phi) is 5.33. The van der Waals surface area contributed by atoms with Crippen molar-refractivity contribution in [2.45, 2.75) is 42.3 Å². The highest BCUT2D eigenvalue weighted by Crippen LogP contribution is 2.44. The average molecular weight is 412 g/mol. The maximum atomic E-state index is 6.47. The van der Waals surface area contributed by atoms with Gasteiger partial charge in [-0.2, -0.15) is 0 Å². The highest BCUT2D eigenvalue weighted by molar-refractivity contribution is 8.00. The first-order valence-electron chi connectivity index (χ1n) is 10.6. The van der Waals surface area contributed by atoms with E-state index in [1.807, 2.05) is 24.3 Å². The van der Waals surface area contributed by atoms with Crippen LogP contribution in [0.15, 0.2) is 53.4 Å². The molecule has 3 heterocycles. The van der Waals surface area contributed by atoms with Gasteiger partial charge in [0.2, 0.25) is 0 Å². The van der Waals surface area contributed by atoms with Crippen LogP contribution in [0, 0.1) is 5.92 Å². The summed E-state index contributed by atoms with van der Waals surface area (Å²) in [6.45, 7) is 6.11. The Balaban J connectivity index is 1.16. The zero-order valence-electron chi connectivity index (χ0n) is 16.9. The number of anilines is 1. The molecule has 3 atom stereocenters. The third-order valence-electron chi connectivity index (χ3n) is 6.45. The SMILES string of the molecule is CC(C1CCN(CC2COc3ccccc3O2)CC1)N1c2ccccc2SC1N. The van der Waals surface area contributed by atoms with Gasteiger partial charge in [-0.15, -0.1) is 0 Å². The van der Waals surface area contributed by atoms with Crippen molar-refractivity contribution in [3.63, 3.8) is 0 Å². The minimum atomic E-state index is 0.0216. The summed E-state index contributed by atoms with van der Waals surface area (Å²) in [7, 11) is 0. The van der Waals surface area contributed by atoms with E-state index in [0.29, 0.717) is 18.6 Å². The van der Waals surface area contributed by atoms with Crippen molar-refractivity contribution in [1.82, 2.24) is 4.90 Å². The van der Waals surface area contributed by atoms with E-state index in [4.69, 9.17) is 15.2 Å². The highest BCUT2D eigenvalue weighted by atomic mass is 32.2. The van der Waals surface area contributed by atoms with Gasteiger partial charge in [-0.25, -0.2) is 0 Å². The molecule has 3 aliphatic rings. The van der Waals surface area contributed by atoms with E-state index in [9.17, 15) is 0 Å². The standard InChI is InChI=1S/C23H29N3O2S/c1-16(26-19-6-2-5-9-22(19)29-23(26)24)17-10-12-25(13-11-17)14-18-15-27-20-7-3-4-8-21(20)28-18/h2-9,16-18,23H,10-15,24H2,1H3. The Morgan fingerprint density at radius 1 is 1.07 bits per heavy atom. The first kappa shape index (κ1) is 19.1. The van der Waals surface area contributed by atoms with Gasteiger partial charge in [-0.3, -0.25) is 4.90 Å². The van der Waals surface area contributed by atoms with Crippen LogP contribution < -0.4 is 20.1 Å².